The van der Waals surface area contributed by atoms with Crippen LogP contribution in [0.5, 0.6) is 0 Å². The Hall–Kier alpha value is -1.55. The number of nitrogens with zero attached hydrogens (tertiary/aromatic N) is 1. The second kappa shape index (κ2) is 7.68. The summed E-state index contributed by atoms with van der Waals surface area (Å²) in [6.07, 6.45) is -0.0373. The molecule has 0 spiro atoms. The normalized spacial score (nSPS) is 13.2. The third-order valence-corrected chi connectivity index (χ3v) is 2.06. The molecule has 0 aliphatic rings. The van der Waals surface area contributed by atoms with E-state index in [4.69, 9.17) is 14.2 Å². The van der Waals surface area contributed by atoms with E-state index in [0.29, 0.717) is 13.2 Å². The first kappa shape index (κ1) is 13.5. The van der Waals surface area contributed by atoms with Crippen molar-refractivity contribution in [3.8, 4) is 0 Å². The van der Waals surface area contributed by atoms with Crippen LogP contribution in [0.1, 0.15) is 19.4 Å². The molecule has 1 atom stereocenters. The van der Waals surface area contributed by atoms with Crippen molar-refractivity contribution in [2.75, 3.05) is 13.7 Å². The highest BCUT2D eigenvalue weighted by Gasteiger charge is 2.04. The Morgan fingerprint density at radius 2 is 2.00 bits per heavy atom. The summed E-state index contributed by atoms with van der Waals surface area (Å²) in [4.78, 5) is 4.15. The van der Waals surface area contributed by atoms with Gasteiger partial charge in [0.1, 0.15) is 0 Å². The molecule has 94 valence electrons. The lowest BCUT2D eigenvalue weighted by atomic mass is 10.2. The van der Waals surface area contributed by atoms with Crippen LogP contribution < -0.4 is 0 Å². The van der Waals surface area contributed by atoms with Crippen molar-refractivity contribution >= 4 is 6.08 Å². The molecule has 0 N–H and O–H groups in total. The number of hydrogen-bond acceptors (Lipinski definition) is 4. The highest BCUT2D eigenvalue weighted by atomic mass is 16.7. The molecular weight excluding hydrogens is 218 g/mol. The summed E-state index contributed by atoms with van der Waals surface area (Å²) in [5.41, 5.74) is 1.12. The summed E-state index contributed by atoms with van der Waals surface area (Å²) in [5.74, 6) is 0. The lowest BCUT2D eigenvalue weighted by Gasteiger charge is -2.11. The maximum Gasteiger partial charge on any atom is 0.385 e. The predicted molar refractivity (Wildman–Crippen MR) is 66.8 cm³/mol. The molecule has 4 nitrogen and oxygen atoms in total. The molecule has 0 aromatic heterocycles. The molecule has 0 heterocycles. The van der Waals surface area contributed by atoms with Gasteiger partial charge in [0, 0.05) is 0 Å². The lowest BCUT2D eigenvalue weighted by molar-refractivity contribution is 0.0531. The van der Waals surface area contributed by atoms with Crippen LogP contribution in [0.15, 0.2) is 35.3 Å². The molecule has 4 heteroatoms. The topological polar surface area (TPSA) is 40.0 Å². The van der Waals surface area contributed by atoms with Crippen LogP contribution in [0, 0.1) is 0 Å². The number of rotatable bonds is 5. The van der Waals surface area contributed by atoms with Gasteiger partial charge in [0.15, 0.2) is 6.23 Å². The van der Waals surface area contributed by atoms with Crippen molar-refractivity contribution in [2.24, 2.45) is 4.99 Å². The standard InChI is InChI=1S/C13H19NO3/c1-4-16-13(15-3)14-11(2)17-10-12-8-6-5-7-9-12/h5-9,11H,4,10H2,1-3H3. The highest BCUT2D eigenvalue weighted by Crippen LogP contribution is 2.04. The predicted octanol–water partition coefficient (Wildman–Crippen LogP) is 2.59. The summed E-state index contributed by atoms with van der Waals surface area (Å²) in [6, 6.07) is 9.95. The fourth-order valence-corrected chi connectivity index (χ4v) is 1.25. The second-order valence-electron chi connectivity index (χ2n) is 3.43. The van der Waals surface area contributed by atoms with Crippen molar-refractivity contribution in [1.29, 1.82) is 0 Å². The van der Waals surface area contributed by atoms with Gasteiger partial charge in [0.05, 0.1) is 20.3 Å². The average molecular weight is 237 g/mol. The largest absolute Gasteiger partial charge is 0.454 e. The molecule has 0 saturated heterocycles. The molecule has 0 aliphatic heterocycles. The third-order valence-electron chi connectivity index (χ3n) is 2.06. The van der Waals surface area contributed by atoms with Gasteiger partial charge in [-0.25, -0.2) is 0 Å². The third kappa shape index (κ3) is 5.36. The SMILES string of the molecule is CCOC(=NC(C)OCc1ccccc1)OC. The number of benzene rings is 1. The summed E-state index contributed by atoms with van der Waals surface area (Å²) >= 11 is 0. The van der Waals surface area contributed by atoms with E-state index in [0.717, 1.165) is 5.56 Å². The number of hydrogen-bond donors (Lipinski definition) is 0. The first-order chi connectivity index (χ1) is 8.26. The molecule has 0 saturated carbocycles. The average Bonchev–Trinajstić information content (AvgIpc) is 2.37. The van der Waals surface area contributed by atoms with E-state index in [1.165, 1.54) is 7.11 Å². The van der Waals surface area contributed by atoms with Crippen molar-refractivity contribution in [2.45, 2.75) is 26.7 Å². The Morgan fingerprint density at radius 3 is 2.59 bits per heavy atom. The zero-order chi connectivity index (χ0) is 12.5. The quantitative estimate of drug-likeness (QED) is 0.583. The molecular formula is C13H19NO3. The smallest absolute Gasteiger partial charge is 0.385 e. The van der Waals surface area contributed by atoms with Gasteiger partial charge in [-0.1, -0.05) is 30.3 Å². The Balaban J connectivity index is 2.41. The van der Waals surface area contributed by atoms with Gasteiger partial charge in [0.2, 0.25) is 0 Å². The number of methoxy groups -OCH3 is 1. The van der Waals surface area contributed by atoms with Crippen LogP contribution >= 0.6 is 0 Å². The molecule has 1 unspecified atom stereocenters. The van der Waals surface area contributed by atoms with Crippen LogP contribution in [-0.2, 0) is 20.8 Å². The van der Waals surface area contributed by atoms with Crippen molar-refractivity contribution in [3.05, 3.63) is 35.9 Å². The number of ether oxygens (including phenoxy) is 3. The van der Waals surface area contributed by atoms with E-state index >= 15 is 0 Å². The van der Waals surface area contributed by atoms with E-state index < -0.39 is 0 Å². The summed E-state index contributed by atoms with van der Waals surface area (Å²) in [5, 5.41) is 0. The molecule has 0 amide bonds. The maximum atomic E-state index is 5.56. The number of aliphatic imine (C=N–C) groups is 1. The molecule has 0 bridgehead atoms. The Bertz CT molecular complexity index is 338. The van der Waals surface area contributed by atoms with Crippen molar-refractivity contribution in [1.82, 2.24) is 0 Å². The zero-order valence-corrected chi connectivity index (χ0v) is 10.6. The van der Waals surface area contributed by atoms with Gasteiger partial charge >= 0.3 is 6.08 Å². The second-order valence-corrected chi connectivity index (χ2v) is 3.43. The molecule has 0 fully saturated rings. The summed E-state index contributed by atoms with van der Waals surface area (Å²) in [6.45, 7) is 4.78. The van der Waals surface area contributed by atoms with Gasteiger partial charge in [-0.15, -0.1) is 0 Å². The van der Waals surface area contributed by atoms with E-state index in [-0.39, 0.29) is 12.3 Å². The van der Waals surface area contributed by atoms with E-state index in [1.54, 1.807) is 0 Å². The van der Waals surface area contributed by atoms with Gasteiger partial charge in [-0.05, 0) is 19.4 Å². The molecule has 1 rings (SSSR count). The van der Waals surface area contributed by atoms with Crippen LogP contribution in [0.4, 0.5) is 0 Å². The van der Waals surface area contributed by atoms with E-state index in [9.17, 15) is 0 Å². The molecule has 0 radical (unpaired) electrons. The van der Waals surface area contributed by atoms with Crippen LogP contribution in [0.25, 0.3) is 0 Å². The van der Waals surface area contributed by atoms with Crippen LogP contribution in [0.2, 0.25) is 0 Å². The maximum absolute atomic E-state index is 5.56. The molecule has 1 aromatic rings. The minimum Gasteiger partial charge on any atom is -0.454 e. The fraction of sp³-hybridized carbons (Fsp3) is 0.462. The lowest BCUT2D eigenvalue weighted by Crippen LogP contribution is -2.13. The summed E-state index contributed by atoms with van der Waals surface area (Å²) < 4.78 is 15.7. The Kier molecular flexibility index (Phi) is 6.10. The van der Waals surface area contributed by atoms with Gasteiger partial charge in [0.25, 0.3) is 0 Å². The first-order valence-corrected chi connectivity index (χ1v) is 5.66. The first-order valence-electron chi connectivity index (χ1n) is 5.66. The monoisotopic (exact) mass is 237 g/mol. The van der Waals surface area contributed by atoms with E-state index in [1.807, 2.05) is 44.2 Å². The van der Waals surface area contributed by atoms with Gasteiger partial charge in [-0.3, -0.25) is 0 Å². The molecule has 17 heavy (non-hydrogen) atoms. The van der Waals surface area contributed by atoms with Crippen molar-refractivity contribution < 1.29 is 14.2 Å². The van der Waals surface area contributed by atoms with E-state index in [2.05, 4.69) is 4.99 Å². The van der Waals surface area contributed by atoms with Crippen molar-refractivity contribution in [3.63, 3.8) is 0 Å². The molecule has 0 aliphatic carbocycles. The van der Waals surface area contributed by atoms with Crippen LogP contribution in [-0.4, -0.2) is 26.0 Å². The molecule has 1 aromatic carbocycles. The Labute approximate surface area is 102 Å². The van der Waals surface area contributed by atoms with Crippen LogP contribution in [0.3, 0.4) is 0 Å². The summed E-state index contributed by atoms with van der Waals surface area (Å²) in [7, 11) is 1.53. The Morgan fingerprint density at radius 1 is 1.29 bits per heavy atom. The zero-order valence-electron chi connectivity index (χ0n) is 10.6. The van der Waals surface area contributed by atoms with Gasteiger partial charge in [-0.2, -0.15) is 4.99 Å². The minimum absolute atomic E-state index is 0.257. The fourth-order valence-electron chi connectivity index (χ4n) is 1.25. The van der Waals surface area contributed by atoms with Gasteiger partial charge < -0.3 is 14.2 Å². The minimum atomic E-state index is -0.295. The highest BCUT2D eigenvalue weighted by molar-refractivity contribution is 5.66.